The van der Waals surface area contributed by atoms with Gasteiger partial charge in [0.05, 0.1) is 29.2 Å². The lowest BCUT2D eigenvalue weighted by Gasteiger charge is -2.31. The molecular formula is C20H25N5O5. The molecule has 2 heterocycles. The number of Topliss-reactive ketones (excluding diaryl/α,β-unsaturated/α-hetero) is 1. The summed E-state index contributed by atoms with van der Waals surface area (Å²) in [6.07, 6.45) is 1.09. The summed E-state index contributed by atoms with van der Waals surface area (Å²) in [5, 5.41) is 14.8. The molecule has 10 nitrogen and oxygen atoms in total. The smallest absolute Gasteiger partial charge is 0.305 e. The van der Waals surface area contributed by atoms with E-state index < -0.39 is 29.6 Å². The van der Waals surface area contributed by atoms with Crippen LogP contribution in [0.5, 0.6) is 0 Å². The molecule has 1 atom stereocenters. The highest BCUT2D eigenvalue weighted by Gasteiger charge is 2.28. The number of ketones is 1. The number of benzene rings is 1. The van der Waals surface area contributed by atoms with Gasteiger partial charge in [-0.3, -0.25) is 19.2 Å². The van der Waals surface area contributed by atoms with Crippen LogP contribution in [-0.2, 0) is 14.4 Å². The highest BCUT2D eigenvalue weighted by atomic mass is 16.4. The maximum atomic E-state index is 12.8. The Morgan fingerprint density at radius 3 is 2.50 bits per heavy atom. The Balaban J connectivity index is 1.81. The molecule has 1 aromatic heterocycles. The summed E-state index contributed by atoms with van der Waals surface area (Å²) in [5.74, 6) is -2.76. The number of amides is 2. The Morgan fingerprint density at radius 1 is 1.17 bits per heavy atom. The summed E-state index contributed by atoms with van der Waals surface area (Å²) in [6, 6.07) is 4.08. The maximum Gasteiger partial charge on any atom is 0.305 e. The van der Waals surface area contributed by atoms with E-state index in [0.717, 1.165) is 0 Å². The van der Waals surface area contributed by atoms with Crippen LogP contribution in [0.2, 0.25) is 0 Å². The molecule has 1 fully saturated rings. The molecule has 2 amide bonds. The second-order valence-electron chi connectivity index (χ2n) is 7.28. The normalized spacial score (nSPS) is 15.7. The number of carboxylic acids is 1. The number of carbonyl (C=O) groups excluding carboxylic acids is 3. The van der Waals surface area contributed by atoms with E-state index in [2.05, 4.69) is 20.5 Å². The molecular weight excluding hydrogens is 390 g/mol. The van der Waals surface area contributed by atoms with Gasteiger partial charge in [-0.05, 0) is 20.2 Å². The Morgan fingerprint density at radius 2 is 1.87 bits per heavy atom. The van der Waals surface area contributed by atoms with Crippen LogP contribution in [0.25, 0.3) is 10.9 Å². The minimum atomic E-state index is -1.10. The van der Waals surface area contributed by atoms with Crippen molar-refractivity contribution in [3.63, 3.8) is 0 Å². The Kier molecular flexibility index (Phi) is 6.48. The highest BCUT2D eigenvalue weighted by Crippen LogP contribution is 2.26. The van der Waals surface area contributed by atoms with E-state index in [0.29, 0.717) is 42.8 Å². The van der Waals surface area contributed by atoms with E-state index in [1.165, 1.54) is 13.2 Å². The van der Waals surface area contributed by atoms with Gasteiger partial charge in [0.1, 0.15) is 0 Å². The number of aromatic amines is 1. The fourth-order valence-corrected chi connectivity index (χ4v) is 3.44. The van der Waals surface area contributed by atoms with Crippen molar-refractivity contribution in [3.05, 3.63) is 30.0 Å². The molecule has 30 heavy (non-hydrogen) atoms. The summed E-state index contributed by atoms with van der Waals surface area (Å²) in [7, 11) is 3.47. The molecule has 0 bridgehead atoms. The number of aromatic nitrogens is 1. The first-order valence-electron chi connectivity index (χ1n) is 9.64. The molecule has 3 rings (SSSR count). The van der Waals surface area contributed by atoms with E-state index in [1.807, 2.05) is 7.05 Å². The van der Waals surface area contributed by atoms with Gasteiger partial charge in [0.2, 0.25) is 5.91 Å². The first kappa shape index (κ1) is 21.5. The first-order chi connectivity index (χ1) is 14.3. The summed E-state index contributed by atoms with van der Waals surface area (Å²) in [6.45, 7) is 2.43. The molecule has 10 heteroatoms. The van der Waals surface area contributed by atoms with Crippen molar-refractivity contribution in [1.29, 1.82) is 0 Å². The molecule has 2 aromatic rings. The summed E-state index contributed by atoms with van der Waals surface area (Å²) in [5.41, 5.74) is 1.13. The fraction of sp³-hybridized carbons (Fsp3) is 0.400. The third-order valence-electron chi connectivity index (χ3n) is 5.25. The average molecular weight is 415 g/mol. The lowest BCUT2D eigenvalue weighted by Crippen LogP contribution is -2.49. The monoisotopic (exact) mass is 415 g/mol. The highest BCUT2D eigenvalue weighted by molar-refractivity contribution is 6.45. The average Bonchev–Trinajstić information content (AvgIpc) is 3.16. The molecule has 1 unspecified atom stereocenters. The quantitative estimate of drug-likeness (QED) is 0.373. The van der Waals surface area contributed by atoms with Gasteiger partial charge >= 0.3 is 5.97 Å². The molecule has 1 aromatic carbocycles. The van der Waals surface area contributed by atoms with Gasteiger partial charge in [-0.15, -0.1) is 0 Å². The number of hydrogen-bond donors (Lipinski definition) is 4. The summed E-state index contributed by atoms with van der Waals surface area (Å²) >= 11 is 0. The summed E-state index contributed by atoms with van der Waals surface area (Å²) < 4.78 is 0. The van der Waals surface area contributed by atoms with E-state index in [4.69, 9.17) is 5.11 Å². The van der Waals surface area contributed by atoms with Gasteiger partial charge in [-0.1, -0.05) is 12.1 Å². The number of likely N-dealkylation sites (N-methyl/N-ethyl adjacent to an activating group) is 2. The zero-order valence-electron chi connectivity index (χ0n) is 16.9. The van der Waals surface area contributed by atoms with Crippen LogP contribution in [0, 0.1) is 0 Å². The van der Waals surface area contributed by atoms with E-state index >= 15 is 0 Å². The van der Waals surface area contributed by atoms with Crippen LogP contribution >= 0.6 is 0 Å². The van der Waals surface area contributed by atoms with Gasteiger partial charge in [-0.2, -0.15) is 0 Å². The van der Waals surface area contributed by atoms with Crippen molar-refractivity contribution >= 4 is 40.2 Å². The van der Waals surface area contributed by atoms with Crippen molar-refractivity contribution in [2.75, 3.05) is 45.6 Å². The van der Waals surface area contributed by atoms with Crippen molar-refractivity contribution in [1.82, 2.24) is 20.1 Å². The Labute approximate surface area is 173 Å². The number of nitrogens with one attached hydrogen (secondary N) is 3. The van der Waals surface area contributed by atoms with Crippen LogP contribution in [0.3, 0.4) is 0 Å². The van der Waals surface area contributed by atoms with Gasteiger partial charge in [-0.25, -0.2) is 0 Å². The number of carbonyl (C=O) groups is 4. The number of aliphatic carboxylic acids is 1. The molecule has 4 N–H and O–H groups in total. The van der Waals surface area contributed by atoms with Crippen LogP contribution in [-0.4, -0.2) is 89.8 Å². The minimum absolute atomic E-state index is 0.237. The van der Waals surface area contributed by atoms with Gasteiger partial charge in [0.25, 0.3) is 11.7 Å². The van der Waals surface area contributed by atoms with Gasteiger partial charge < -0.3 is 30.5 Å². The third kappa shape index (κ3) is 4.50. The molecule has 0 spiro atoms. The predicted molar refractivity (Wildman–Crippen MR) is 110 cm³/mol. The van der Waals surface area contributed by atoms with E-state index in [9.17, 15) is 19.2 Å². The molecule has 0 saturated carbocycles. The molecule has 1 saturated heterocycles. The number of anilines is 1. The minimum Gasteiger partial charge on any atom is -0.481 e. The van der Waals surface area contributed by atoms with E-state index in [1.54, 1.807) is 23.1 Å². The van der Waals surface area contributed by atoms with Crippen molar-refractivity contribution in [3.8, 4) is 0 Å². The zero-order chi connectivity index (χ0) is 21.8. The predicted octanol–water partition coefficient (Wildman–Crippen LogP) is 0.126. The van der Waals surface area contributed by atoms with E-state index in [-0.39, 0.29) is 12.0 Å². The second kappa shape index (κ2) is 9.06. The van der Waals surface area contributed by atoms with Gasteiger partial charge in [0.15, 0.2) is 0 Å². The SMILES string of the molecule is CNC(CC(=O)O)C(=O)Nc1cccc2c(C(=O)C(=O)N3CCN(C)CC3)c[nH]c12. The maximum absolute atomic E-state index is 12.8. The van der Waals surface area contributed by atoms with Crippen molar-refractivity contribution in [2.45, 2.75) is 12.5 Å². The summed E-state index contributed by atoms with van der Waals surface area (Å²) in [4.78, 5) is 55.4. The number of rotatable bonds is 7. The lowest BCUT2D eigenvalue weighted by atomic mass is 10.1. The number of fused-ring (bicyclic) bond motifs is 1. The molecule has 0 aliphatic carbocycles. The number of hydrogen-bond acceptors (Lipinski definition) is 6. The molecule has 1 aliphatic heterocycles. The largest absolute Gasteiger partial charge is 0.481 e. The zero-order valence-corrected chi connectivity index (χ0v) is 16.9. The van der Waals surface area contributed by atoms with Crippen LogP contribution < -0.4 is 10.6 Å². The third-order valence-corrected chi connectivity index (χ3v) is 5.25. The van der Waals surface area contributed by atoms with Crippen LogP contribution in [0.4, 0.5) is 5.69 Å². The Bertz CT molecular complexity index is 977. The number of piperazine rings is 1. The fourth-order valence-electron chi connectivity index (χ4n) is 3.44. The van der Waals surface area contributed by atoms with Crippen molar-refractivity contribution < 1.29 is 24.3 Å². The van der Waals surface area contributed by atoms with Crippen molar-refractivity contribution in [2.24, 2.45) is 0 Å². The molecule has 160 valence electrons. The molecule has 1 aliphatic rings. The van der Waals surface area contributed by atoms with Crippen LogP contribution in [0.15, 0.2) is 24.4 Å². The number of carboxylic acid groups (broad SMARTS) is 1. The molecule has 0 radical (unpaired) electrons. The number of H-pyrrole nitrogens is 1. The number of nitrogens with zero attached hydrogens (tertiary/aromatic N) is 2. The van der Waals surface area contributed by atoms with Crippen LogP contribution in [0.1, 0.15) is 16.8 Å². The first-order valence-corrected chi connectivity index (χ1v) is 9.64. The number of para-hydroxylation sites is 1. The lowest BCUT2D eigenvalue weighted by molar-refractivity contribution is -0.139. The van der Waals surface area contributed by atoms with Gasteiger partial charge in [0, 0.05) is 37.8 Å². The second-order valence-corrected chi connectivity index (χ2v) is 7.28. The topological polar surface area (TPSA) is 135 Å². The Hall–Kier alpha value is -3.24. The standard InChI is InChI=1S/C20H25N5O5/c1-21-15(10-16(26)27)19(29)23-14-5-3-4-12-13(11-22-17(12)14)18(28)20(30)25-8-6-24(2)7-9-25/h3-5,11,15,21-22H,6-10H2,1-2H3,(H,23,29)(H,26,27).